The first-order chi connectivity index (χ1) is 8.70. The Bertz CT molecular complexity index is 383. The van der Waals surface area contributed by atoms with Crippen LogP contribution in [0, 0.1) is 0 Å². The standard InChI is InChI=1S/C13H22N4O/c1-10(2)16-12-8-13(15-9-14-12)17-6-3-4-11(17)5-7-18/h8-11,18H,3-7H2,1-2H3,(H,14,15,16). The summed E-state index contributed by atoms with van der Waals surface area (Å²) in [6.07, 6.45) is 4.73. The molecule has 0 aromatic carbocycles. The van der Waals surface area contributed by atoms with Gasteiger partial charge in [0.2, 0.25) is 0 Å². The first-order valence-corrected chi connectivity index (χ1v) is 6.67. The van der Waals surface area contributed by atoms with Gasteiger partial charge in [0.05, 0.1) is 0 Å². The predicted molar refractivity (Wildman–Crippen MR) is 72.9 cm³/mol. The first kappa shape index (κ1) is 13.1. The van der Waals surface area contributed by atoms with Crippen molar-refractivity contribution in [2.24, 2.45) is 0 Å². The van der Waals surface area contributed by atoms with Gasteiger partial charge in [-0.15, -0.1) is 0 Å². The summed E-state index contributed by atoms with van der Waals surface area (Å²) in [4.78, 5) is 10.9. The summed E-state index contributed by atoms with van der Waals surface area (Å²) in [6.45, 7) is 5.44. The Balaban J connectivity index is 2.12. The number of aromatic nitrogens is 2. The third-order valence-corrected chi connectivity index (χ3v) is 3.22. The first-order valence-electron chi connectivity index (χ1n) is 6.67. The second-order valence-electron chi connectivity index (χ2n) is 5.06. The molecule has 5 nitrogen and oxygen atoms in total. The molecular weight excluding hydrogens is 228 g/mol. The summed E-state index contributed by atoms with van der Waals surface area (Å²) in [5.74, 6) is 1.83. The number of nitrogens with one attached hydrogen (secondary N) is 1. The Labute approximate surface area is 108 Å². The van der Waals surface area contributed by atoms with Gasteiger partial charge in [0.1, 0.15) is 18.0 Å². The Kier molecular flexibility index (Phi) is 4.36. The fourth-order valence-electron chi connectivity index (χ4n) is 2.47. The smallest absolute Gasteiger partial charge is 0.134 e. The molecular formula is C13H22N4O. The van der Waals surface area contributed by atoms with Crippen LogP contribution in [-0.2, 0) is 0 Å². The minimum absolute atomic E-state index is 0.239. The van der Waals surface area contributed by atoms with E-state index in [0.717, 1.165) is 31.0 Å². The van der Waals surface area contributed by atoms with Crippen molar-refractivity contribution < 1.29 is 5.11 Å². The number of aliphatic hydroxyl groups is 1. The van der Waals surface area contributed by atoms with Crippen molar-refractivity contribution in [1.29, 1.82) is 0 Å². The van der Waals surface area contributed by atoms with E-state index in [1.165, 1.54) is 6.42 Å². The van der Waals surface area contributed by atoms with E-state index in [0.29, 0.717) is 12.1 Å². The molecule has 2 N–H and O–H groups in total. The molecule has 5 heteroatoms. The highest BCUT2D eigenvalue weighted by Crippen LogP contribution is 2.26. The summed E-state index contributed by atoms with van der Waals surface area (Å²) < 4.78 is 0. The highest BCUT2D eigenvalue weighted by atomic mass is 16.3. The van der Waals surface area contributed by atoms with Crippen molar-refractivity contribution in [1.82, 2.24) is 9.97 Å². The topological polar surface area (TPSA) is 61.3 Å². The van der Waals surface area contributed by atoms with Gasteiger partial charge in [-0.05, 0) is 33.1 Å². The van der Waals surface area contributed by atoms with E-state index in [4.69, 9.17) is 5.11 Å². The molecule has 1 fully saturated rings. The molecule has 0 saturated carbocycles. The quantitative estimate of drug-likeness (QED) is 0.832. The Morgan fingerprint density at radius 1 is 1.50 bits per heavy atom. The molecule has 1 aromatic rings. The zero-order valence-electron chi connectivity index (χ0n) is 11.1. The number of nitrogens with zero attached hydrogens (tertiary/aromatic N) is 3. The maximum absolute atomic E-state index is 9.09. The van der Waals surface area contributed by atoms with Crippen LogP contribution in [0.15, 0.2) is 12.4 Å². The summed E-state index contributed by atoms with van der Waals surface area (Å²) in [7, 11) is 0. The number of hydrogen-bond acceptors (Lipinski definition) is 5. The number of hydrogen-bond donors (Lipinski definition) is 2. The fraction of sp³-hybridized carbons (Fsp3) is 0.692. The SMILES string of the molecule is CC(C)Nc1cc(N2CCCC2CCO)ncn1. The number of aliphatic hydroxyl groups excluding tert-OH is 1. The normalized spacial score (nSPS) is 19.6. The van der Waals surface area contributed by atoms with Crippen LogP contribution < -0.4 is 10.2 Å². The lowest BCUT2D eigenvalue weighted by molar-refractivity contribution is 0.275. The van der Waals surface area contributed by atoms with E-state index in [-0.39, 0.29) is 6.61 Å². The summed E-state index contributed by atoms with van der Waals surface area (Å²) in [6, 6.07) is 2.77. The third kappa shape index (κ3) is 3.10. The lowest BCUT2D eigenvalue weighted by atomic mass is 10.1. The molecule has 1 aromatic heterocycles. The van der Waals surface area contributed by atoms with Crippen LogP contribution in [0.1, 0.15) is 33.1 Å². The molecule has 1 unspecified atom stereocenters. The van der Waals surface area contributed by atoms with Crippen LogP contribution in [0.3, 0.4) is 0 Å². The molecule has 1 atom stereocenters. The number of anilines is 2. The van der Waals surface area contributed by atoms with Crippen LogP contribution in [0.4, 0.5) is 11.6 Å². The molecule has 2 rings (SSSR count). The lowest BCUT2D eigenvalue weighted by Gasteiger charge is -2.25. The van der Waals surface area contributed by atoms with E-state index in [1.807, 2.05) is 6.07 Å². The minimum Gasteiger partial charge on any atom is -0.396 e. The molecule has 0 bridgehead atoms. The highest BCUT2D eigenvalue weighted by molar-refractivity contribution is 5.50. The van der Waals surface area contributed by atoms with Gasteiger partial charge in [0.25, 0.3) is 0 Å². The van der Waals surface area contributed by atoms with E-state index in [2.05, 4.69) is 34.0 Å². The Hall–Kier alpha value is -1.36. The summed E-state index contributed by atoms with van der Waals surface area (Å²) >= 11 is 0. The van der Waals surface area contributed by atoms with E-state index >= 15 is 0 Å². The predicted octanol–water partition coefficient (Wildman–Crippen LogP) is 1.65. The minimum atomic E-state index is 0.239. The second-order valence-corrected chi connectivity index (χ2v) is 5.06. The van der Waals surface area contributed by atoms with Gasteiger partial charge in [0, 0.05) is 31.3 Å². The zero-order chi connectivity index (χ0) is 13.0. The van der Waals surface area contributed by atoms with Crippen molar-refractivity contribution in [2.75, 3.05) is 23.4 Å². The molecule has 0 amide bonds. The average molecular weight is 250 g/mol. The monoisotopic (exact) mass is 250 g/mol. The van der Waals surface area contributed by atoms with Gasteiger partial charge in [-0.25, -0.2) is 9.97 Å². The maximum atomic E-state index is 9.09. The van der Waals surface area contributed by atoms with Gasteiger partial charge >= 0.3 is 0 Å². The molecule has 1 saturated heterocycles. The van der Waals surface area contributed by atoms with Gasteiger partial charge in [-0.3, -0.25) is 0 Å². The van der Waals surface area contributed by atoms with Crippen molar-refractivity contribution in [3.8, 4) is 0 Å². The summed E-state index contributed by atoms with van der Waals surface area (Å²) in [5.41, 5.74) is 0. The van der Waals surface area contributed by atoms with Crippen molar-refractivity contribution in [3.05, 3.63) is 12.4 Å². The maximum Gasteiger partial charge on any atom is 0.134 e. The van der Waals surface area contributed by atoms with Crippen LogP contribution in [-0.4, -0.2) is 40.3 Å². The van der Waals surface area contributed by atoms with Crippen LogP contribution in [0.5, 0.6) is 0 Å². The van der Waals surface area contributed by atoms with Crippen molar-refractivity contribution in [2.45, 2.75) is 45.2 Å². The Morgan fingerprint density at radius 2 is 2.33 bits per heavy atom. The van der Waals surface area contributed by atoms with E-state index in [1.54, 1.807) is 6.33 Å². The third-order valence-electron chi connectivity index (χ3n) is 3.22. The van der Waals surface area contributed by atoms with Crippen molar-refractivity contribution >= 4 is 11.6 Å². The number of rotatable bonds is 5. The summed E-state index contributed by atoms with van der Waals surface area (Å²) in [5, 5.41) is 12.4. The molecule has 0 radical (unpaired) electrons. The van der Waals surface area contributed by atoms with E-state index < -0.39 is 0 Å². The molecule has 2 heterocycles. The Morgan fingerprint density at radius 3 is 3.06 bits per heavy atom. The lowest BCUT2D eigenvalue weighted by Crippen LogP contribution is -2.30. The van der Waals surface area contributed by atoms with Crippen LogP contribution in [0.25, 0.3) is 0 Å². The second kappa shape index (κ2) is 6.00. The molecule has 0 aliphatic carbocycles. The van der Waals surface area contributed by atoms with Crippen LogP contribution >= 0.6 is 0 Å². The average Bonchev–Trinajstić information content (AvgIpc) is 2.77. The van der Waals surface area contributed by atoms with E-state index in [9.17, 15) is 0 Å². The van der Waals surface area contributed by atoms with Gasteiger partial charge in [-0.1, -0.05) is 0 Å². The van der Waals surface area contributed by atoms with Crippen molar-refractivity contribution in [3.63, 3.8) is 0 Å². The van der Waals surface area contributed by atoms with Crippen LogP contribution in [0.2, 0.25) is 0 Å². The van der Waals surface area contributed by atoms with Gasteiger partial charge in [-0.2, -0.15) is 0 Å². The largest absolute Gasteiger partial charge is 0.396 e. The molecule has 1 aliphatic heterocycles. The highest BCUT2D eigenvalue weighted by Gasteiger charge is 2.25. The fourth-order valence-corrected chi connectivity index (χ4v) is 2.47. The molecule has 100 valence electrons. The van der Waals surface area contributed by atoms with Gasteiger partial charge < -0.3 is 15.3 Å². The zero-order valence-corrected chi connectivity index (χ0v) is 11.1. The molecule has 18 heavy (non-hydrogen) atoms. The molecule has 0 spiro atoms. The molecule has 1 aliphatic rings. The van der Waals surface area contributed by atoms with Gasteiger partial charge in [0.15, 0.2) is 0 Å².